The van der Waals surface area contributed by atoms with E-state index in [0.717, 1.165) is 12.1 Å². The summed E-state index contributed by atoms with van der Waals surface area (Å²) >= 11 is 0. The second-order valence-electron chi connectivity index (χ2n) is 4.83. The Labute approximate surface area is 114 Å². The second kappa shape index (κ2) is 6.36. The monoisotopic (exact) mass is 263 g/mol. The number of benzene rings is 1. The van der Waals surface area contributed by atoms with Crippen LogP contribution in [0.15, 0.2) is 24.3 Å². The zero-order chi connectivity index (χ0) is 14.5. The summed E-state index contributed by atoms with van der Waals surface area (Å²) in [4.78, 5) is 23.1. The molecule has 1 aromatic rings. The number of ketones is 1. The molecule has 0 fully saturated rings. The lowest BCUT2D eigenvalue weighted by Gasteiger charge is -2.28. The topological polar surface area (TPSA) is 55.4 Å². The van der Waals surface area contributed by atoms with Crippen LogP contribution < -0.4 is 5.32 Å². The van der Waals surface area contributed by atoms with Gasteiger partial charge in [-0.25, -0.2) is 4.79 Å². The van der Waals surface area contributed by atoms with Crippen LogP contribution in [0.5, 0.6) is 0 Å². The molecule has 1 unspecified atom stereocenters. The van der Waals surface area contributed by atoms with Crippen molar-refractivity contribution in [2.45, 2.75) is 39.2 Å². The first-order chi connectivity index (χ1) is 8.92. The summed E-state index contributed by atoms with van der Waals surface area (Å²) < 4.78 is 4.85. The van der Waals surface area contributed by atoms with E-state index in [1.165, 1.54) is 14.0 Å². The third-order valence-electron chi connectivity index (χ3n) is 3.10. The molecule has 0 amide bonds. The number of anilines is 1. The molecule has 1 rings (SSSR count). The summed E-state index contributed by atoms with van der Waals surface area (Å²) in [7, 11) is 1.39. The van der Waals surface area contributed by atoms with E-state index in [1.807, 2.05) is 13.8 Å². The molecule has 4 nitrogen and oxygen atoms in total. The maximum Gasteiger partial charge on any atom is 0.331 e. The Morgan fingerprint density at radius 3 is 2.26 bits per heavy atom. The number of Topliss-reactive ketones (excluding diaryl/α,β-unsaturated/α-hetero) is 1. The Balaban J connectivity index is 2.90. The highest BCUT2D eigenvalue weighted by atomic mass is 16.5. The first kappa shape index (κ1) is 15.2. The van der Waals surface area contributed by atoms with Crippen molar-refractivity contribution in [2.24, 2.45) is 0 Å². The van der Waals surface area contributed by atoms with E-state index in [1.54, 1.807) is 24.3 Å². The van der Waals surface area contributed by atoms with Gasteiger partial charge in [0.05, 0.1) is 7.11 Å². The first-order valence-electron chi connectivity index (χ1n) is 6.40. The molecule has 0 bridgehead atoms. The highest BCUT2D eigenvalue weighted by Crippen LogP contribution is 2.22. The first-order valence-corrected chi connectivity index (χ1v) is 6.40. The van der Waals surface area contributed by atoms with Crippen LogP contribution in [0.25, 0.3) is 0 Å². The van der Waals surface area contributed by atoms with Gasteiger partial charge in [0.2, 0.25) is 0 Å². The van der Waals surface area contributed by atoms with Crippen LogP contribution in [0.4, 0.5) is 5.69 Å². The third-order valence-corrected chi connectivity index (χ3v) is 3.10. The summed E-state index contributed by atoms with van der Waals surface area (Å²) in [6.45, 7) is 5.36. The van der Waals surface area contributed by atoms with Crippen molar-refractivity contribution in [1.29, 1.82) is 0 Å². The van der Waals surface area contributed by atoms with Gasteiger partial charge in [0, 0.05) is 11.3 Å². The lowest BCUT2D eigenvalue weighted by Crippen LogP contribution is -2.44. The highest BCUT2D eigenvalue weighted by molar-refractivity contribution is 5.94. The quantitative estimate of drug-likeness (QED) is 0.633. The van der Waals surface area contributed by atoms with Crippen molar-refractivity contribution in [3.05, 3.63) is 29.8 Å². The van der Waals surface area contributed by atoms with Gasteiger partial charge >= 0.3 is 5.97 Å². The molecule has 0 radical (unpaired) electrons. The van der Waals surface area contributed by atoms with Crippen molar-refractivity contribution in [3.63, 3.8) is 0 Å². The van der Waals surface area contributed by atoms with E-state index in [4.69, 9.17) is 4.74 Å². The fourth-order valence-corrected chi connectivity index (χ4v) is 2.05. The molecule has 0 saturated carbocycles. The zero-order valence-corrected chi connectivity index (χ0v) is 11.9. The SMILES string of the molecule is CCCC(C)(Nc1ccc(C(C)=O)cc1)C(=O)OC. The minimum Gasteiger partial charge on any atom is -0.467 e. The number of ether oxygens (including phenoxy) is 1. The molecule has 0 aliphatic rings. The minimum absolute atomic E-state index is 0.0239. The van der Waals surface area contributed by atoms with Crippen LogP contribution in [0.1, 0.15) is 44.0 Å². The molecule has 104 valence electrons. The van der Waals surface area contributed by atoms with Crippen molar-refractivity contribution >= 4 is 17.4 Å². The molecule has 1 aromatic carbocycles. The molecule has 0 aliphatic carbocycles. The van der Waals surface area contributed by atoms with Gasteiger partial charge in [-0.1, -0.05) is 13.3 Å². The maximum atomic E-state index is 11.9. The predicted octanol–water partition coefficient (Wildman–Crippen LogP) is 3.03. The van der Waals surface area contributed by atoms with Gasteiger partial charge in [0.15, 0.2) is 5.78 Å². The number of nitrogens with one attached hydrogen (secondary N) is 1. The lowest BCUT2D eigenvalue weighted by molar-refractivity contribution is -0.145. The molecular weight excluding hydrogens is 242 g/mol. The van der Waals surface area contributed by atoms with Crippen LogP contribution in [-0.2, 0) is 9.53 Å². The Morgan fingerprint density at radius 2 is 1.84 bits per heavy atom. The Morgan fingerprint density at radius 1 is 1.26 bits per heavy atom. The number of carbonyl (C=O) groups is 2. The molecule has 1 N–H and O–H groups in total. The van der Waals surface area contributed by atoms with E-state index in [2.05, 4.69) is 5.32 Å². The summed E-state index contributed by atoms with van der Waals surface area (Å²) in [5.74, 6) is -0.263. The number of rotatable bonds is 6. The van der Waals surface area contributed by atoms with Gasteiger partial charge in [0.25, 0.3) is 0 Å². The predicted molar refractivity (Wildman–Crippen MR) is 75.4 cm³/mol. The number of carbonyl (C=O) groups excluding carboxylic acids is 2. The van der Waals surface area contributed by atoms with Crippen LogP contribution in [0, 0.1) is 0 Å². The maximum absolute atomic E-state index is 11.9. The van der Waals surface area contributed by atoms with E-state index >= 15 is 0 Å². The molecule has 4 heteroatoms. The van der Waals surface area contributed by atoms with Crippen molar-refractivity contribution < 1.29 is 14.3 Å². The summed E-state index contributed by atoms with van der Waals surface area (Å²) in [5, 5.41) is 3.19. The fourth-order valence-electron chi connectivity index (χ4n) is 2.05. The number of hydrogen-bond donors (Lipinski definition) is 1. The second-order valence-corrected chi connectivity index (χ2v) is 4.83. The largest absolute Gasteiger partial charge is 0.467 e. The summed E-state index contributed by atoms with van der Waals surface area (Å²) in [6, 6.07) is 7.09. The third kappa shape index (κ3) is 3.81. The van der Waals surface area contributed by atoms with Crippen LogP contribution >= 0.6 is 0 Å². The van der Waals surface area contributed by atoms with Gasteiger partial charge in [-0.2, -0.15) is 0 Å². The van der Waals surface area contributed by atoms with Crippen LogP contribution in [0.3, 0.4) is 0 Å². The van der Waals surface area contributed by atoms with E-state index in [-0.39, 0.29) is 11.8 Å². The van der Waals surface area contributed by atoms with Crippen molar-refractivity contribution in [1.82, 2.24) is 0 Å². The van der Waals surface area contributed by atoms with Gasteiger partial charge in [-0.3, -0.25) is 4.79 Å². The highest BCUT2D eigenvalue weighted by Gasteiger charge is 2.33. The smallest absolute Gasteiger partial charge is 0.331 e. The molecule has 0 heterocycles. The van der Waals surface area contributed by atoms with Gasteiger partial charge in [-0.15, -0.1) is 0 Å². The number of esters is 1. The summed E-state index contributed by atoms with van der Waals surface area (Å²) in [6.07, 6.45) is 1.54. The molecular formula is C15H21NO3. The number of methoxy groups -OCH3 is 1. The summed E-state index contributed by atoms with van der Waals surface area (Å²) in [5.41, 5.74) is 0.702. The Hall–Kier alpha value is -1.84. The molecule has 1 atom stereocenters. The zero-order valence-electron chi connectivity index (χ0n) is 11.9. The standard InChI is InChI=1S/C15H21NO3/c1-5-10-15(3,14(18)19-4)16-13-8-6-12(7-9-13)11(2)17/h6-9,16H,5,10H2,1-4H3. The molecule has 0 aromatic heterocycles. The fraction of sp³-hybridized carbons (Fsp3) is 0.467. The average Bonchev–Trinajstić information content (AvgIpc) is 2.38. The number of hydrogen-bond acceptors (Lipinski definition) is 4. The van der Waals surface area contributed by atoms with Crippen molar-refractivity contribution in [2.75, 3.05) is 12.4 Å². The lowest BCUT2D eigenvalue weighted by atomic mass is 9.95. The normalized spacial score (nSPS) is 13.5. The Kier molecular flexibility index (Phi) is 5.10. The van der Waals surface area contributed by atoms with Gasteiger partial charge in [0.1, 0.15) is 5.54 Å². The molecule has 19 heavy (non-hydrogen) atoms. The Bertz CT molecular complexity index is 453. The van der Waals surface area contributed by atoms with Gasteiger partial charge in [-0.05, 0) is 44.5 Å². The van der Waals surface area contributed by atoms with Crippen LogP contribution in [0.2, 0.25) is 0 Å². The van der Waals surface area contributed by atoms with Crippen LogP contribution in [-0.4, -0.2) is 24.4 Å². The van der Waals surface area contributed by atoms with E-state index in [0.29, 0.717) is 12.0 Å². The van der Waals surface area contributed by atoms with Gasteiger partial charge < -0.3 is 10.1 Å². The average molecular weight is 263 g/mol. The van der Waals surface area contributed by atoms with E-state index < -0.39 is 5.54 Å². The van der Waals surface area contributed by atoms with E-state index in [9.17, 15) is 9.59 Å². The molecule has 0 aliphatic heterocycles. The van der Waals surface area contributed by atoms with Crippen molar-refractivity contribution in [3.8, 4) is 0 Å². The minimum atomic E-state index is -0.749. The molecule has 0 spiro atoms. The molecule has 0 saturated heterocycles.